The summed E-state index contributed by atoms with van der Waals surface area (Å²) in [5, 5.41) is 8.70. The molecule has 0 saturated carbocycles. The standard InChI is InChI=1S/C13H15N3O4S/c1-15-9-12(14-10-15)21(19,20)16(8-7-13(17)18)11-5-3-2-4-6-11/h2-6,9-10H,7-8H2,1H3,(H,17,18). The van der Waals surface area contributed by atoms with Crippen molar-refractivity contribution in [3.8, 4) is 0 Å². The first-order chi connectivity index (χ1) is 9.91. The third kappa shape index (κ3) is 3.40. The molecule has 0 amide bonds. The Bertz CT molecular complexity index is 725. The van der Waals surface area contributed by atoms with Gasteiger partial charge in [0.05, 0.1) is 18.4 Å². The fraction of sp³-hybridized carbons (Fsp3) is 0.231. The topological polar surface area (TPSA) is 92.5 Å². The van der Waals surface area contributed by atoms with Crippen LogP contribution in [0.5, 0.6) is 0 Å². The van der Waals surface area contributed by atoms with Crippen molar-refractivity contribution in [1.29, 1.82) is 0 Å². The Morgan fingerprint density at radius 2 is 2.00 bits per heavy atom. The van der Waals surface area contributed by atoms with E-state index in [0.717, 1.165) is 4.31 Å². The van der Waals surface area contributed by atoms with Gasteiger partial charge in [-0.2, -0.15) is 8.42 Å². The minimum Gasteiger partial charge on any atom is -0.481 e. The number of nitrogens with zero attached hydrogens (tertiary/aromatic N) is 3. The van der Waals surface area contributed by atoms with Crippen molar-refractivity contribution in [2.75, 3.05) is 10.8 Å². The van der Waals surface area contributed by atoms with Gasteiger partial charge in [0.25, 0.3) is 10.0 Å². The van der Waals surface area contributed by atoms with E-state index in [1.807, 2.05) is 0 Å². The van der Waals surface area contributed by atoms with Gasteiger partial charge in [-0.05, 0) is 12.1 Å². The van der Waals surface area contributed by atoms with E-state index >= 15 is 0 Å². The second kappa shape index (κ2) is 5.96. The summed E-state index contributed by atoms with van der Waals surface area (Å²) in [6.45, 7) is -0.155. The molecule has 1 heterocycles. The maximum absolute atomic E-state index is 12.6. The van der Waals surface area contributed by atoms with Gasteiger partial charge in [0.1, 0.15) is 0 Å². The molecule has 7 nitrogen and oxygen atoms in total. The first-order valence-corrected chi connectivity index (χ1v) is 7.63. The number of sulfonamides is 1. The predicted octanol–water partition coefficient (Wildman–Crippen LogP) is 1.09. The fourth-order valence-corrected chi connectivity index (χ4v) is 3.25. The summed E-state index contributed by atoms with van der Waals surface area (Å²) in [5.41, 5.74) is 0.407. The van der Waals surface area contributed by atoms with Crippen molar-refractivity contribution >= 4 is 21.7 Å². The highest BCUT2D eigenvalue weighted by atomic mass is 32.2. The number of imidazole rings is 1. The maximum atomic E-state index is 12.6. The number of benzene rings is 1. The number of aryl methyl sites for hydroxylation is 1. The number of hydrogen-bond acceptors (Lipinski definition) is 4. The maximum Gasteiger partial charge on any atom is 0.305 e. The number of rotatable bonds is 6. The third-order valence-corrected chi connectivity index (χ3v) is 4.52. The van der Waals surface area contributed by atoms with Crippen molar-refractivity contribution in [2.45, 2.75) is 11.4 Å². The molecular formula is C13H15N3O4S. The number of aromatic nitrogens is 2. The average molecular weight is 309 g/mol. The van der Waals surface area contributed by atoms with E-state index in [1.165, 1.54) is 17.1 Å². The molecule has 0 aliphatic heterocycles. The molecular weight excluding hydrogens is 294 g/mol. The molecule has 0 radical (unpaired) electrons. The first kappa shape index (κ1) is 15.0. The van der Waals surface area contributed by atoms with Crippen molar-refractivity contribution in [3.63, 3.8) is 0 Å². The molecule has 0 fully saturated rings. The van der Waals surface area contributed by atoms with Gasteiger partial charge in [0.2, 0.25) is 0 Å². The number of aliphatic carboxylic acids is 1. The van der Waals surface area contributed by atoms with Crippen molar-refractivity contribution in [3.05, 3.63) is 42.9 Å². The van der Waals surface area contributed by atoms with Crippen LogP contribution in [0, 0.1) is 0 Å². The number of carboxylic acids is 1. The van der Waals surface area contributed by atoms with E-state index in [4.69, 9.17) is 5.11 Å². The highest BCUT2D eigenvalue weighted by molar-refractivity contribution is 7.92. The predicted molar refractivity (Wildman–Crippen MR) is 76.4 cm³/mol. The molecule has 21 heavy (non-hydrogen) atoms. The van der Waals surface area contributed by atoms with Crippen LogP contribution in [0.1, 0.15) is 6.42 Å². The second-order valence-electron chi connectivity index (χ2n) is 4.43. The van der Waals surface area contributed by atoms with Gasteiger partial charge in [0, 0.05) is 19.8 Å². The van der Waals surface area contributed by atoms with Crippen LogP contribution in [0.15, 0.2) is 47.9 Å². The SMILES string of the molecule is Cn1cnc(S(=O)(=O)N(CCC(=O)O)c2ccccc2)c1. The lowest BCUT2D eigenvalue weighted by Gasteiger charge is -2.22. The van der Waals surface area contributed by atoms with Crippen LogP contribution in [0.2, 0.25) is 0 Å². The quantitative estimate of drug-likeness (QED) is 0.862. The molecule has 8 heteroatoms. The highest BCUT2D eigenvalue weighted by Gasteiger charge is 2.27. The summed E-state index contributed by atoms with van der Waals surface area (Å²) in [6.07, 6.45) is 2.47. The Labute approximate surface area is 122 Å². The van der Waals surface area contributed by atoms with E-state index in [-0.39, 0.29) is 18.0 Å². The Kier molecular flexibility index (Phi) is 4.27. The van der Waals surface area contributed by atoms with E-state index in [1.54, 1.807) is 37.4 Å². The summed E-state index contributed by atoms with van der Waals surface area (Å²) < 4.78 is 27.8. The minimum absolute atomic E-state index is 0.112. The van der Waals surface area contributed by atoms with Crippen LogP contribution in [0.4, 0.5) is 5.69 Å². The molecule has 0 unspecified atom stereocenters. The average Bonchev–Trinajstić information content (AvgIpc) is 2.87. The van der Waals surface area contributed by atoms with Gasteiger partial charge in [-0.15, -0.1) is 0 Å². The monoisotopic (exact) mass is 309 g/mol. The smallest absolute Gasteiger partial charge is 0.305 e. The Balaban J connectivity index is 2.41. The molecule has 1 aromatic carbocycles. The van der Waals surface area contributed by atoms with Gasteiger partial charge in [-0.25, -0.2) is 4.98 Å². The van der Waals surface area contributed by atoms with E-state index in [0.29, 0.717) is 5.69 Å². The Hall–Kier alpha value is -2.35. The highest BCUT2D eigenvalue weighted by Crippen LogP contribution is 2.22. The van der Waals surface area contributed by atoms with E-state index in [9.17, 15) is 13.2 Å². The summed E-state index contributed by atoms with van der Waals surface area (Å²) >= 11 is 0. The van der Waals surface area contributed by atoms with Gasteiger partial charge in [-0.3, -0.25) is 9.10 Å². The van der Waals surface area contributed by atoms with Crippen LogP contribution >= 0.6 is 0 Å². The summed E-state index contributed by atoms with van der Waals surface area (Å²) in [6, 6.07) is 8.37. The van der Waals surface area contributed by atoms with Gasteiger partial charge in [-0.1, -0.05) is 18.2 Å². The van der Waals surface area contributed by atoms with Crippen LogP contribution < -0.4 is 4.31 Å². The third-order valence-electron chi connectivity index (χ3n) is 2.81. The number of anilines is 1. The lowest BCUT2D eigenvalue weighted by atomic mass is 10.3. The molecule has 2 aromatic rings. The number of para-hydroxylation sites is 1. The van der Waals surface area contributed by atoms with E-state index in [2.05, 4.69) is 4.98 Å². The van der Waals surface area contributed by atoms with Gasteiger partial charge in [0.15, 0.2) is 5.03 Å². The number of hydrogen-bond donors (Lipinski definition) is 1. The number of carboxylic acid groups (broad SMARTS) is 1. The Morgan fingerprint density at radius 3 is 2.52 bits per heavy atom. The Morgan fingerprint density at radius 1 is 1.33 bits per heavy atom. The zero-order valence-electron chi connectivity index (χ0n) is 11.4. The fourth-order valence-electron chi connectivity index (χ4n) is 1.81. The summed E-state index contributed by atoms with van der Waals surface area (Å²) in [5.74, 6) is -1.06. The van der Waals surface area contributed by atoms with Crippen molar-refractivity contribution in [2.24, 2.45) is 7.05 Å². The van der Waals surface area contributed by atoms with Crippen LogP contribution in [0.25, 0.3) is 0 Å². The second-order valence-corrected chi connectivity index (χ2v) is 6.24. The first-order valence-electron chi connectivity index (χ1n) is 6.19. The van der Waals surface area contributed by atoms with Gasteiger partial charge < -0.3 is 9.67 Å². The largest absolute Gasteiger partial charge is 0.481 e. The number of carbonyl (C=O) groups is 1. The van der Waals surface area contributed by atoms with Crippen LogP contribution in [0.3, 0.4) is 0 Å². The summed E-state index contributed by atoms with van der Waals surface area (Å²) in [7, 11) is -2.23. The summed E-state index contributed by atoms with van der Waals surface area (Å²) in [4.78, 5) is 14.6. The molecule has 0 aliphatic rings. The zero-order valence-corrected chi connectivity index (χ0v) is 12.2. The molecule has 0 aliphatic carbocycles. The normalized spacial score (nSPS) is 11.3. The zero-order chi connectivity index (χ0) is 15.5. The van der Waals surface area contributed by atoms with Gasteiger partial charge >= 0.3 is 5.97 Å². The molecule has 112 valence electrons. The molecule has 2 rings (SSSR count). The molecule has 1 N–H and O–H groups in total. The molecule has 0 spiro atoms. The van der Waals surface area contributed by atoms with Crippen molar-refractivity contribution < 1.29 is 18.3 Å². The lowest BCUT2D eigenvalue weighted by Crippen LogP contribution is -2.33. The van der Waals surface area contributed by atoms with Crippen molar-refractivity contribution in [1.82, 2.24) is 9.55 Å². The molecule has 0 bridgehead atoms. The molecule has 1 aromatic heterocycles. The lowest BCUT2D eigenvalue weighted by molar-refractivity contribution is -0.136. The van der Waals surface area contributed by atoms with Crippen LogP contribution in [-0.2, 0) is 21.9 Å². The van der Waals surface area contributed by atoms with E-state index < -0.39 is 16.0 Å². The molecule has 0 saturated heterocycles. The van der Waals surface area contributed by atoms with Crippen LogP contribution in [-0.4, -0.2) is 35.6 Å². The minimum atomic E-state index is -3.89. The molecule has 0 atom stereocenters.